The molecule has 0 fully saturated rings. The van der Waals surface area contributed by atoms with E-state index in [1.165, 1.54) is 12.1 Å². The number of hydrogen-bond donors (Lipinski definition) is 1. The fourth-order valence-corrected chi connectivity index (χ4v) is 3.74. The third-order valence-corrected chi connectivity index (χ3v) is 5.10. The van der Waals surface area contributed by atoms with Gasteiger partial charge in [0, 0.05) is 12.5 Å². The van der Waals surface area contributed by atoms with Crippen LogP contribution in [0.15, 0.2) is 41.4 Å². The van der Waals surface area contributed by atoms with Crippen LogP contribution in [-0.4, -0.2) is 31.8 Å². The van der Waals surface area contributed by atoms with Crippen LogP contribution in [0.1, 0.15) is 19.4 Å². The molecule has 2 heterocycles. The number of rotatable bonds is 5. The van der Waals surface area contributed by atoms with Crippen molar-refractivity contribution in [2.75, 3.05) is 11.3 Å². The lowest BCUT2D eigenvalue weighted by molar-refractivity contribution is -0.154. The maximum atomic E-state index is 12.5. The summed E-state index contributed by atoms with van der Waals surface area (Å²) >= 11 is 0. The van der Waals surface area contributed by atoms with Crippen molar-refractivity contribution < 1.29 is 31.1 Å². The Labute approximate surface area is 154 Å². The number of nitrogens with zero attached hydrogens (tertiary/aromatic N) is 1. The van der Waals surface area contributed by atoms with Gasteiger partial charge in [0.15, 0.2) is 6.61 Å². The molecule has 0 radical (unpaired) electrons. The average Bonchev–Trinajstić information content (AvgIpc) is 2.86. The molecular weight excluding hydrogens is 385 g/mol. The number of pyridine rings is 1. The zero-order valence-corrected chi connectivity index (χ0v) is 15.3. The van der Waals surface area contributed by atoms with Gasteiger partial charge < -0.3 is 9.47 Å². The van der Waals surface area contributed by atoms with Gasteiger partial charge in [-0.25, -0.2) is 13.4 Å². The fourth-order valence-electron chi connectivity index (χ4n) is 2.65. The van der Waals surface area contributed by atoms with Crippen LogP contribution >= 0.6 is 0 Å². The van der Waals surface area contributed by atoms with Gasteiger partial charge in [0.1, 0.15) is 11.4 Å². The monoisotopic (exact) mass is 402 g/mol. The van der Waals surface area contributed by atoms with E-state index in [0.29, 0.717) is 12.2 Å². The second-order valence-electron chi connectivity index (χ2n) is 6.70. The normalized spacial score (nSPS) is 15.7. The Bertz CT molecular complexity index is 942. The summed E-state index contributed by atoms with van der Waals surface area (Å²) in [5.41, 5.74) is 0.497. The highest BCUT2D eigenvalue weighted by Gasteiger charge is 2.31. The molecule has 0 bridgehead atoms. The summed E-state index contributed by atoms with van der Waals surface area (Å²) in [4.78, 5) is 3.72. The molecule has 27 heavy (non-hydrogen) atoms. The van der Waals surface area contributed by atoms with Crippen molar-refractivity contribution in [1.29, 1.82) is 0 Å². The minimum Gasteiger partial charge on any atom is -0.487 e. The SMILES string of the molecule is CC1(C)Cc2cc(S(=O)(=O)Nc3ccc(OCC(F)(F)F)nc3)ccc2O1. The van der Waals surface area contributed by atoms with E-state index in [-0.39, 0.29) is 16.5 Å². The van der Waals surface area contributed by atoms with E-state index < -0.39 is 28.4 Å². The molecule has 1 N–H and O–H groups in total. The number of halogens is 3. The number of hydrogen-bond acceptors (Lipinski definition) is 5. The van der Waals surface area contributed by atoms with Crippen LogP contribution in [0.3, 0.4) is 0 Å². The van der Waals surface area contributed by atoms with E-state index in [1.54, 1.807) is 12.1 Å². The van der Waals surface area contributed by atoms with Gasteiger partial charge in [0.25, 0.3) is 10.0 Å². The number of benzene rings is 1. The molecule has 0 spiro atoms. The summed E-state index contributed by atoms with van der Waals surface area (Å²) in [6.07, 6.45) is -2.81. The van der Waals surface area contributed by atoms with Gasteiger partial charge in [-0.15, -0.1) is 0 Å². The number of anilines is 1. The molecule has 1 aliphatic heterocycles. The fraction of sp³-hybridized carbons (Fsp3) is 0.353. The van der Waals surface area contributed by atoms with Gasteiger partial charge in [0.2, 0.25) is 5.88 Å². The van der Waals surface area contributed by atoms with Crippen molar-refractivity contribution in [2.45, 2.75) is 36.9 Å². The van der Waals surface area contributed by atoms with Crippen molar-refractivity contribution in [3.05, 3.63) is 42.1 Å². The largest absolute Gasteiger partial charge is 0.487 e. The lowest BCUT2D eigenvalue weighted by Crippen LogP contribution is -2.24. The van der Waals surface area contributed by atoms with Crippen molar-refractivity contribution in [1.82, 2.24) is 4.98 Å². The van der Waals surface area contributed by atoms with Crippen LogP contribution < -0.4 is 14.2 Å². The summed E-state index contributed by atoms with van der Waals surface area (Å²) in [7, 11) is -3.89. The Morgan fingerprint density at radius 1 is 1.26 bits per heavy atom. The number of alkyl halides is 3. The molecule has 1 aromatic carbocycles. The molecule has 1 aliphatic rings. The molecule has 10 heteroatoms. The third kappa shape index (κ3) is 4.82. The van der Waals surface area contributed by atoms with E-state index in [2.05, 4.69) is 14.4 Å². The summed E-state index contributed by atoms with van der Waals surface area (Å²) in [5.74, 6) is 0.388. The second kappa shape index (κ2) is 6.59. The van der Waals surface area contributed by atoms with E-state index >= 15 is 0 Å². The number of ether oxygens (including phenoxy) is 2. The summed E-state index contributed by atoms with van der Waals surface area (Å²) in [6.45, 7) is 2.35. The molecule has 146 valence electrons. The third-order valence-electron chi connectivity index (χ3n) is 3.72. The average molecular weight is 402 g/mol. The second-order valence-corrected chi connectivity index (χ2v) is 8.38. The van der Waals surface area contributed by atoms with Crippen molar-refractivity contribution in [2.24, 2.45) is 0 Å². The lowest BCUT2D eigenvalue weighted by Gasteiger charge is -2.16. The van der Waals surface area contributed by atoms with Crippen LogP contribution in [0.4, 0.5) is 18.9 Å². The van der Waals surface area contributed by atoms with E-state index in [4.69, 9.17) is 4.74 Å². The van der Waals surface area contributed by atoms with Crippen LogP contribution in [0.2, 0.25) is 0 Å². The minimum absolute atomic E-state index is 0.0555. The molecule has 0 saturated carbocycles. The van der Waals surface area contributed by atoms with Gasteiger partial charge in [-0.3, -0.25) is 4.72 Å². The maximum Gasteiger partial charge on any atom is 0.422 e. The predicted octanol–water partition coefficient (Wildman–Crippen LogP) is 3.54. The first-order valence-corrected chi connectivity index (χ1v) is 9.42. The van der Waals surface area contributed by atoms with Crippen LogP contribution in [0.5, 0.6) is 11.6 Å². The number of nitrogens with one attached hydrogen (secondary N) is 1. The minimum atomic E-state index is -4.48. The van der Waals surface area contributed by atoms with E-state index in [9.17, 15) is 21.6 Å². The zero-order valence-electron chi connectivity index (χ0n) is 14.5. The predicted molar refractivity (Wildman–Crippen MR) is 91.4 cm³/mol. The molecule has 0 saturated heterocycles. The first-order chi connectivity index (χ1) is 12.4. The Hall–Kier alpha value is -2.49. The molecule has 0 atom stereocenters. The molecule has 0 unspecified atom stereocenters. The summed E-state index contributed by atoms with van der Waals surface area (Å²) in [5, 5.41) is 0. The first-order valence-electron chi connectivity index (χ1n) is 7.94. The van der Waals surface area contributed by atoms with Crippen LogP contribution in [-0.2, 0) is 16.4 Å². The Kier molecular flexibility index (Phi) is 4.71. The van der Waals surface area contributed by atoms with Crippen molar-refractivity contribution in [3.8, 4) is 11.6 Å². The topological polar surface area (TPSA) is 77.5 Å². The van der Waals surface area contributed by atoms with Crippen molar-refractivity contribution >= 4 is 15.7 Å². The van der Waals surface area contributed by atoms with E-state index in [0.717, 1.165) is 17.8 Å². The van der Waals surface area contributed by atoms with Gasteiger partial charge in [-0.2, -0.15) is 13.2 Å². The smallest absolute Gasteiger partial charge is 0.422 e. The van der Waals surface area contributed by atoms with Crippen LogP contribution in [0.25, 0.3) is 0 Å². The van der Waals surface area contributed by atoms with Gasteiger partial charge in [-0.1, -0.05) is 0 Å². The molecule has 1 aromatic heterocycles. The number of sulfonamides is 1. The lowest BCUT2D eigenvalue weighted by atomic mass is 10.0. The van der Waals surface area contributed by atoms with Gasteiger partial charge >= 0.3 is 6.18 Å². The van der Waals surface area contributed by atoms with Gasteiger partial charge in [0.05, 0.1) is 16.8 Å². The van der Waals surface area contributed by atoms with E-state index in [1.807, 2.05) is 13.8 Å². The highest BCUT2D eigenvalue weighted by atomic mass is 32.2. The maximum absolute atomic E-state index is 12.5. The standard InChI is InChI=1S/C17H17F3N2O4S/c1-16(2)8-11-7-13(4-5-14(11)26-16)27(23,24)22-12-3-6-15(21-9-12)25-10-17(18,19)20/h3-7,9,22H,8,10H2,1-2H3. The Morgan fingerprint density at radius 2 is 2.00 bits per heavy atom. The molecule has 2 aromatic rings. The molecule has 6 nitrogen and oxygen atoms in total. The highest BCUT2D eigenvalue weighted by molar-refractivity contribution is 7.92. The molecular formula is C17H17F3N2O4S. The summed E-state index contributed by atoms with van der Waals surface area (Å²) in [6, 6.07) is 7.00. The number of aromatic nitrogens is 1. The van der Waals surface area contributed by atoms with Gasteiger partial charge in [-0.05, 0) is 43.7 Å². The Balaban J connectivity index is 1.72. The molecule has 3 rings (SSSR count). The highest BCUT2D eigenvalue weighted by Crippen LogP contribution is 2.36. The zero-order chi connectivity index (χ0) is 19.9. The quantitative estimate of drug-likeness (QED) is 0.828. The number of fused-ring (bicyclic) bond motifs is 1. The summed E-state index contributed by atoms with van der Waals surface area (Å²) < 4.78 is 74.0. The first kappa shape index (κ1) is 19.3. The Morgan fingerprint density at radius 3 is 2.63 bits per heavy atom. The van der Waals surface area contributed by atoms with Crippen LogP contribution in [0, 0.1) is 0 Å². The van der Waals surface area contributed by atoms with Crippen molar-refractivity contribution in [3.63, 3.8) is 0 Å². The molecule has 0 aliphatic carbocycles. The molecule has 0 amide bonds.